The van der Waals surface area contributed by atoms with Crippen molar-refractivity contribution in [3.8, 4) is 33.4 Å². The molecule has 0 aliphatic carbocycles. The number of nitro benzene ring substituents is 1. The van der Waals surface area contributed by atoms with E-state index in [0.717, 1.165) is 52.8 Å². The van der Waals surface area contributed by atoms with Crippen LogP contribution in [0.4, 0.5) is 15.8 Å². The fourth-order valence-electron chi connectivity index (χ4n) is 4.21. The Balaban J connectivity index is 1.91. The Labute approximate surface area is 192 Å². The molecule has 5 heteroatoms. The minimum absolute atomic E-state index is 0.194. The van der Waals surface area contributed by atoms with Crippen LogP contribution in [0.3, 0.4) is 0 Å². The van der Waals surface area contributed by atoms with E-state index in [1.165, 1.54) is 12.1 Å². The summed E-state index contributed by atoms with van der Waals surface area (Å²) >= 11 is 0. The minimum Gasteiger partial charge on any atom is -0.398 e. The summed E-state index contributed by atoms with van der Waals surface area (Å²) in [6, 6.07) is 25.6. The molecule has 0 fully saturated rings. The number of hydrogen-bond donors (Lipinski definition) is 1. The van der Waals surface area contributed by atoms with E-state index in [-0.39, 0.29) is 5.56 Å². The zero-order chi connectivity index (χ0) is 23.4. The summed E-state index contributed by atoms with van der Waals surface area (Å²) in [5, 5.41) is 11.3. The lowest BCUT2D eigenvalue weighted by molar-refractivity contribution is -0.387. The molecule has 2 N–H and O–H groups in total. The van der Waals surface area contributed by atoms with Crippen molar-refractivity contribution in [3.05, 3.63) is 106 Å². The number of aryl methyl sites for hydroxylation is 1. The molecule has 0 unspecified atom stereocenters. The Morgan fingerprint density at radius 2 is 1.24 bits per heavy atom. The molecule has 0 aromatic heterocycles. The van der Waals surface area contributed by atoms with Gasteiger partial charge in [0, 0.05) is 22.9 Å². The van der Waals surface area contributed by atoms with Crippen LogP contribution < -0.4 is 5.73 Å². The number of hydrogen-bond acceptors (Lipinski definition) is 3. The van der Waals surface area contributed by atoms with Crippen LogP contribution >= 0.6 is 0 Å². The third-order valence-electron chi connectivity index (χ3n) is 5.90. The van der Waals surface area contributed by atoms with E-state index in [2.05, 4.69) is 13.0 Å². The molecule has 166 valence electrons. The number of rotatable bonds is 7. The topological polar surface area (TPSA) is 69.2 Å². The van der Waals surface area contributed by atoms with Gasteiger partial charge in [0.1, 0.15) is 0 Å². The van der Waals surface area contributed by atoms with Crippen molar-refractivity contribution in [2.24, 2.45) is 0 Å². The van der Waals surface area contributed by atoms with Gasteiger partial charge in [0.25, 0.3) is 0 Å². The molecule has 4 aromatic carbocycles. The van der Waals surface area contributed by atoms with E-state index in [1.54, 1.807) is 18.2 Å². The second kappa shape index (κ2) is 9.65. The summed E-state index contributed by atoms with van der Waals surface area (Å²) < 4.78 is 15.1. The van der Waals surface area contributed by atoms with Gasteiger partial charge in [0.15, 0.2) is 0 Å². The fraction of sp³-hybridized carbons (Fsp3) is 0.143. The van der Waals surface area contributed by atoms with E-state index in [0.29, 0.717) is 5.56 Å². The number of nitrogens with zero attached hydrogens (tertiary/aromatic N) is 1. The number of nitro groups is 1. The van der Waals surface area contributed by atoms with E-state index in [9.17, 15) is 10.1 Å². The van der Waals surface area contributed by atoms with Crippen molar-refractivity contribution >= 4 is 11.4 Å². The molecular formula is C28H25FN2O2. The molecule has 0 radical (unpaired) electrons. The number of unbranched alkanes of at least 4 members (excludes halogenated alkanes) is 1. The van der Waals surface area contributed by atoms with Crippen LogP contribution in [-0.2, 0) is 6.42 Å². The third-order valence-corrected chi connectivity index (χ3v) is 5.90. The van der Waals surface area contributed by atoms with E-state index in [4.69, 9.17) is 5.73 Å². The Kier molecular flexibility index (Phi) is 6.50. The summed E-state index contributed by atoms with van der Waals surface area (Å²) in [5.41, 5.74) is 12.2. The van der Waals surface area contributed by atoms with Gasteiger partial charge >= 0.3 is 5.69 Å². The maximum absolute atomic E-state index is 15.1. The molecule has 0 heterocycles. The Hall–Kier alpha value is -3.99. The van der Waals surface area contributed by atoms with Crippen LogP contribution in [0.2, 0.25) is 0 Å². The van der Waals surface area contributed by atoms with E-state index < -0.39 is 16.4 Å². The van der Waals surface area contributed by atoms with Crippen molar-refractivity contribution in [3.63, 3.8) is 0 Å². The maximum atomic E-state index is 15.1. The first-order chi connectivity index (χ1) is 16.0. The maximum Gasteiger partial charge on any atom is 0.305 e. The smallest absolute Gasteiger partial charge is 0.305 e. The summed E-state index contributed by atoms with van der Waals surface area (Å²) in [5.74, 6) is -0.839. The predicted octanol–water partition coefficient (Wildman–Crippen LogP) is 7.66. The first-order valence-corrected chi connectivity index (χ1v) is 11.0. The molecule has 0 aliphatic heterocycles. The van der Waals surface area contributed by atoms with Gasteiger partial charge in [0.2, 0.25) is 5.82 Å². The minimum atomic E-state index is -0.839. The molecule has 4 aromatic rings. The molecule has 0 atom stereocenters. The van der Waals surface area contributed by atoms with Gasteiger partial charge in [0.05, 0.1) is 4.92 Å². The zero-order valence-corrected chi connectivity index (χ0v) is 18.4. The van der Waals surface area contributed by atoms with Gasteiger partial charge in [-0.2, -0.15) is 4.39 Å². The van der Waals surface area contributed by atoms with Crippen molar-refractivity contribution < 1.29 is 9.31 Å². The first kappa shape index (κ1) is 22.2. The molecule has 4 nitrogen and oxygen atoms in total. The standard InChI is InChI=1S/C28H25FN2O2/c1-2-3-10-19-11-8-17-25(28(19)30)23-15-7-5-13-21(23)20-12-4-6-14-22(20)24-16-9-18-26(27(24)29)31(32)33/h4-9,11-18H,2-3,10,30H2,1H3. The molecule has 4 rings (SSSR count). The fourth-order valence-corrected chi connectivity index (χ4v) is 4.21. The summed E-state index contributed by atoms with van der Waals surface area (Å²) in [4.78, 5) is 10.6. The SMILES string of the molecule is CCCCc1cccc(-c2ccccc2-c2ccccc2-c2cccc([N+](=O)[O-])c2F)c1N. The molecule has 0 saturated carbocycles. The lowest BCUT2D eigenvalue weighted by Gasteiger charge is -2.17. The normalized spacial score (nSPS) is 10.8. The second-order valence-corrected chi connectivity index (χ2v) is 7.97. The molecule has 0 amide bonds. The Bertz CT molecular complexity index is 1320. The predicted molar refractivity (Wildman–Crippen MR) is 132 cm³/mol. The number of nitrogens with two attached hydrogens (primary N) is 1. The van der Waals surface area contributed by atoms with Gasteiger partial charge in [-0.25, -0.2) is 0 Å². The van der Waals surface area contributed by atoms with Crippen LogP contribution in [-0.4, -0.2) is 4.92 Å². The largest absolute Gasteiger partial charge is 0.398 e. The summed E-state index contributed by atoms with van der Waals surface area (Å²) in [6.45, 7) is 2.15. The van der Waals surface area contributed by atoms with Gasteiger partial charge in [-0.15, -0.1) is 0 Å². The zero-order valence-electron chi connectivity index (χ0n) is 18.4. The number of halogens is 1. The average molecular weight is 441 g/mol. The van der Waals surface area contributed by atoms with Crippen molar-refractivity contribution in [1.82, 2.24) is 0 Å². The van der Waals surface area contributed by atoms with Crippen LogP contribution in [0.25, 0.3) is 33.4 Å². The highest BCUT2D eigenvalue weighted by Gasteiger charge is 2.21. The number of para-hydroxylation sites is 1. The molecule has 0 aliphatic rings. The quantitative estimate of drug-likeness (QED) is 0.182. The Morgan fingerprint density at radius 1 is 0.758 bits per heavy atom. The highest BCUT2D eigenvalue weighted by molar-refractivity contribution is 5.94. The van der Waals surface area contributed by atoms with Crippen molar-refractivity contribution in [2.45, 2.75) is 26.2 Å². The number of anilines is 1. The summed E-state index contributed by atoms with van der Waals surface area (Å²) in [7, 11) is 0. The van der Waals surface area contributed by atoms with Gasteiger partial charge in [-0.3, -0.25) is 10.1 Å². The van der Waals surface area contributed by atoms with Crippen LogP contribution in [0.1, 0.15) is 25.3 Å². The van der Waals surface area contributed by atoms with Gasteiger partial charge in [-0.1, -0.05) is 92.2 Å². The van der Waals surface area contributed by atoms with E-state index in [1.807, 2.05) is 48.5 Å². The molecular weight excluding hydrogens is 415 g/mol. The number of nitrogen functional groups attached to an aromatic ring is 1. The van der Waals surface area contributed by atoms with Crippen LogP contribution in [0, 0.1) is 15.9 Å². The second-order valence-electron chi connectivity index (χ2n) is 7.97. The van der Waals surface area contributed by atoms with Gasteiger partial charge in [-0.05, 0) is 40.7 Å². The lowest BCUT2D eigenvalue weighted by Crippen LogP contribution is -1.99. The highest BCUT2D eigenvalue weighted by Crippen LogP contribution is 2.41. The number of benzene rings is 4. The highest BCUT2D eigenvalue weighted by atomic mass is 19.1. The molecule has 0 spiro atoms. The molecule has 0 saturated heterocycles. The molecule has 33 heavy (non-hydrogen) atoms. The average Bonchev–Trinajstić information content (AvgIpc) is 2.83. The Morgan fingerprint density at radius 3 is 1.82 bits per heavy atom. The van der Waals surface area contributed by atoms with Crippen LogP contribution in [0.5, 0.6) is 0 Å². The van der Waals surface area contributed by atoms with E-state index >= 15 is 4.39 Å². The van der Waals surface area contributed by atoms with Crippen molar-refractivity contribution in [2.75, 3.05) is 5.73 Å². The van der Waals surface area contributed by atoms with Crippen LogP contribution in [0.15, 0.2) is 84.9 Å². The van der Waals surface area contributed by atoms with Crippen molar-refractivity contribution in [1.29, 1.82) is 0 Å². The molecule has 0 bridgehead atoms. The lowest BCUT2D eigenvalue weighted by atomic mass is 9.88. The monoisotopic (exact) mass is 440 g/mol. The summed E-state index contributed by atoms with van der Waals surface area (Å²) in [6.07, 6.45) is 3.06. The first-order valence-electron chi connectivity index (χ1n) is 11.0. The third kappa shape index (κ3) is 4.35. The van der Waals surface area contributed by atoms with Gasteiger partial charge < -0.3 is 5.73 Å².